The molecule has 0 saturated carbocycles. The van der Waals surface area contributed by atoms with Gasteiger partial charge in [-0.2, -0.15) is 0 Å². The average Bonchev–Trinajstić information content (AvgIpc) is 3.19. The number of aryl methyl sites for hydroxylation is 1. The third-order valence-corrected chi connectivity index (χ3v) is 5.96. The van der Waals surface area contributed by atoms with E-state index in [2.05, 4.69) is 15.2 Å². The Morgan fingerprint density at radius 2 is 2.13 bits per heavy atom. The van der Waals surface area contributed by atoms with Crippen LogP contribution in [0.25, 0.3) is 0 Å². The summed E-state index contributed by atoms with van der Waals surface area (Å²) in [6.07, 6.45) is 3.54. The van der Waals surface area contributed by atoms with Crippen LogP contribution in [0.4, 0.5) is 0 Å². The lowest BCUT2D eigenvalue weighted by molar-refractivity contribution is -0.136. The SMILES string of the molecule is CCOCc1nc(C)sc1[C@@H]1CNCC1C(=O)N1CCCCC1. The maximum absolute atomic E-state index is 13.0. The molecule has 0 aliphatic carbocycles. The summed E-state index contributed by atoms with van der Waals surface area (Å²) in [5, 5.41) is 4.48. The van der Waals surface area contributed by atoms with Gasteiger partial charge in [-0.05, 0) is 33.1 Å². The third kappa shape index (κ3) is 3.75. The number of nitrogens with one attached hydrogen (secondary N) is 1. The Balaban J connectivity index is 1.77. The van der Waals surface area contributed by atoms with E-state index in [1.165, 1.54) is 11.3 Å². The summed E-state index contributed by atoms with van der Waals surface area (Å²) in [6.45, 7) is 8.78. The van der Waals surface area contributed by atoms with Crippen LogP contribution in [0, 0.1) is 12.8 Å². The van der Waals surface area contributed by atoms with Gasteiger partial charge in [-0.1, -0.05) is 0 Å². The monoisotopic (exact) mass is 337 g/mol. The second kappa shape index (κ2) is 7.73. The number of likely N-dealkylation sites (tertiary alicyclic amines) is 1. The predicted molar refractivity (Wildman–Crippen MR) is 91.7 cm³/mol. The summed E-state index contributed by atoms with van der Waals surface area (Å²) >= 11 is 1.73. The van der Waals surface area contributed by atoms with Crippen molar-refractivity contribution in [1.82, 2.24) is 15.2 Å². The topological polar surface area (TPSA) is 54.5 Å². The maximum atomic E-state index is 13.0. The first-order valence-corrected chi connectivity index (χ1v) is 9.55. The highest BCUT2D eigenvalue weighted by atomic mass is 32.1. The first kappa shape index (κ1) is 16.9. The minimum Gasteiger partial charge on any atom is -0.375 e. The van der Waals surface area contributed by atoms with Crippen molar-refractivity contribution < 1.29 is 9.53 Å². The molecule has 2 saturated heterocycles. The van der Waals surface area contributed by atoms with E-state index in [4.69, 9.17) is 4.74 Å². The van der Waals surface area contributed by atoms with Crippen molar-refractivity contribution in [2.75, 3.05) is 32.8 Å². The number of amides is 1. The van der Waals surface area contributed by atoms with Gasteiger partial charge in [0.05, 0.1) is 23.2 Å². The minimum atomic E-state index is 0.0494. The third-order valence-electron chi connectivity index (χ3n) is 4.81. The molecule has 1 aromatic rings. The standard InChI is InChI=1S/C17H27N3O2S/c1-3-22-11-15-16(23-12(2)19-15)13-9-18-10-14(13)17(21)20-7-5-4-6-8-20/h13-14,18H,3-11H2,1-2H3/t13-,14?/m1/s1. The van der Waals surface area contributed by atoms with Gasteiger partial charge in [-0.15, -0.1) is 11.3 Å². The number of thiazole rings is 1. The molecule has 0 radical (unpaired) electrons. The number of hydrogen-bond acceptors (Lipinski definition) is 5. The number of nitrogens with zero attached hydrogens (tertiary/aromatic N) is 2. The first-order chi connectivity index (χ1) is 11.2. The number of piperidine rings is 1. The Hall–Kier alpha value is -0.980. The number of rotatable bonds is 5. The molecule has 5 nitrogen and oxygen atoms in total. The Bertz CT molecular complexity index is 540. The summed E-state index contributed by atoms with van der Waals surface area (Å²) in [5.41, 5.74) is 1.03. The number of carbonyl (C=O) groups excluding carboxylic acids is 1. The van der Waals surface area contributed by atoms with Crippen LogP contribution in [-0.4, -0.2) is 48.6 Å². The van der Waals surface area contributed by atoms with E-state index in [0.717, 1.165) is 49.7 Å². The van der Waals surface area contributed by atoms with Crippen LogP contribution in [0.3, 0.4) is 0 Å². The number of carbonyl (C=O) groups is 1. The van der Waals surface area contributed by atoms with E-state index < -0.39 is 0 Å². The van der Waals surface area contributed by atoms with Crippen LogP contribution >= 0.6 is 11.3 Å². The van der Waals surface area contributed by atoms with Crippen LogP contribution < -0.4 is 5.32 Å². The van der Waals surface area contributed by atoms with Crippen molar-refractivity contribution in [1.29, 1.82) is 0 Å². The molecule has 3 rings (SSSR count). The number of ether oxygens (including phenoxy) is 1. The van der Waals surface area contributed by atoms with Crippen molar-refractivity contribution >= 4 is 17.2 Å². The van der Waals surface area contributed by atoms with E-state index in [0.29, 0.717) is 19.1 Å². The molecule has 0 spiro atoms. The van der Waals surface area contributed by atoms with Crippen molar-refractivity contribution in [2.24, 2.45) is 5.92 Å². The van der Waals surface area contributed by atoms with Crippen molar-refractivity contribution in [3.8, 4) is 0 Å². The summed E-state index contributed by atoms with van der Waals surface area (Å²) in [4.78, 5) is 20.9. The number of hydrogen-bond donors (Lipinski definition) is 1. The van der Waals surface area contributed by atoms with Crippen molar-refractivity contribution in [3.63, 3.8) is 0 Å². The second-order valence-electron chi connectivity index (χ2n) is 6.44. The Morgan fingerprint density at radius 1 is 1.35 bits per heavy atom. The maximum Gasteiger partial charge on any atom is 0.227 e. The van der Waals surface area contributed by atoms with Crippen molar-refractivity contribution in [2.45, 2.75) is 45.6 Å². The minimum absolute atomic E-state index is 0.0494. The molecule has 1 amide bonds. The Labute approximate surface area is 142 Å². The zero-order valence-electron chi connectivity index (χ0n) is 14.1. The molecule has 23 heavy (non-hydrogen) atoms. The van der Waals surface area contributed by atoms with Gasteiger partial charge >= 0.3 is 0 Å². The van der Waals surface area contributed by atoms with Crippen LogP contribution in [0.5, 0.6) is 0 Å². The molecule has 1 N–H and O–H groups in total. The molecule has 2 aliphatic rings. The van der Waals surface area contributed by atoms with Gasteiger partial charge in [0.1, 0.15) is 0 Å². The molecule has 0 aromatic carbocycles. The largest absolute Gasteiger partial charge is 0.375 e. The second-order valence-corrected chi connectivity index (χ2v) is 7.67. The highest BCUT2D eigenvalue weighted by Crippen LogP contribution is 2.36. The molecule has 0 bridgehead atoms. The van der Waals surface area contributed by atoms with Crippen LogP contribution in [0.2, 0.25) is 0 Å². The molecular weight excluding hydrogens is 310 g/mol. The fourth-order valence-corrected chi connectivity index (χ4v) is 4.74. The summed E-state index contributed by atoms with van der Waals surface area (Å²) < 4.78 is 5.57. The van der Waals surface area contributed by atoms with E-state index >= 15 is 0 Å². The summed E-state index contributed by atoms with van der Waals surface area (Å²) in [7, 11) is 0. The normalized spacial score (nSPS) is 25.0. The average molecular weight is 337 g/mol. The number of aromatic nitrogens is 1. The zero-order valence-corrected chi connectivity index (χ0v) is 15.0. The van der Waals surface area contributed by atoms with E-state index in [9.17, 15) is 4.79 Å². The van der Waals surface area contributed by atoms with Gasteiger partial charge in [0.15, 0.2) is 0 Å². The molecule has 1 unspecified atom stereocenters. The Kier molecular flexibility index (Phi) is 5.67. The van der Waals surface area contributed by atoms with E-state index in [1.54, 1.807) is 11.3 Å². The highest BCUT2D eigenvalue weighted by molar-refractivity contribution is 7.11. The molecular formula is C17H27N3O2S. The van der Waals surface area contributed by atoms with Gasteiger partial charge in [-0.25, -0.2) is 4.98 Å². The van der Waals surface area contributed by atoms with Gasteiger partial charge in [-0.3, -0.25) is 4.79 Å². The van der Waals surface area contributed by atoms with Gasteiger partial charge in [0.2, 0.25) is 5.91 Å². The van der Waals surface area contributed by atoms with Gasteiger partial charge in [0.25, 0.3) is 0 Å². The highest BCUT2D eigenvalue weighted by Gasteiger charge is 2.38. The van der Waals surface area contributed by atoms with Crippen LogP contribution in [0.15, 0.2) is 0 Å². The molecule has 2 fully saturated rings. The van der Waals surface area contributed by atoms with Crippen molar-refractivity contribution in [3.05, 3.63) is 15.6 Å². The Morgan fingerprint density at radius 3 is 2.87 bits per heavy atom. The molecule has 3 heterocycles. The fraction of sp³-hybridized carbons (Fsp3) is 0.765. The van der Waals surface area contributed by atoms with Crippen LogP contribution in [-0.2, 0) is 16.1 Å². The lowest BCUT2D eigenvalue weighted by atomic mass is 9.91. The lowest BCUT2D eigenvalue weighted by Gasteiger charge is -2.30. The van der Waals surface area contributed by atoms with E-state index in [1.807, 2.05) is 13.8 Å². The molecule has 128 valence electrons. The summed E-state index contributed by atoms with van der Waals surface area (Å²) in [5.74, 6) is 0.618. The fourth-order valence-electron chi connectivity index (χ4n) is 3.64. The molecule has 1 aromatic heterocycles. The molecule has 2 atom stereocenters. The lowest BCUT2D eigenvalue weighted by Crippen LogP contribution is -2.41. The van der Waals surface area contributed by atoms with Gasteiger partial charge < -0.3 is 15.0 Å². The quantitative estimate of drug-likeness (QED) is 0.896. The van der Waals surface area contributed by atoms with E-state index in [-0.39, 0.29) is 11.8 Å². The first-order valence-electron chi connectivity index (χ1n) is 8.74. The molecule has 2 aliphatic heterocycles. The smallest absolute Gasteiger partial charge is 0.227 e. The zero-order chi connectivity index (χ0) is 16.2. The van der Waals surface area contributed by atoms with Crippen LogP contribution in [0.1, 0.15) is 47.7 Å². The molecule has 6 heteroatoms. The predicted octanol–water partition coefficient (Wildman–Crippen LogP) is 2.30. The summed E-state index contributed by atoms with van der Waals surface area (Å²) in [6, 6.07) is 0. The van der Waals surface area contributed by atoms with Gasteiger partial charge in [0, 0.05) is 43.6 Å².